The molecule has 1 aliphatic heterocycles. The van der Waals surface area contributed by atoms with Crippen molar-refractivity contribution < 1.29 is 0 Å². The minimum absolute atomic E-state index is 0.227. The molecule has 1 aliphatic rings. The van der Waals surface area contributed by atoms with Gasteiger partial charge < -0.3 is 5.32 Å². The van der Waals surface area contributed by atoms with Crippen LogP contribution < -0.4 is 5.32 Å². The van der Waals surface area contributed by atoms with E-state index in [9.17, 15) is 0 Å². The topological polar surface area (TPSA) is 15.3 Å². The number of nitrogens with zero attached hydrogens (tertiary/aromatic N) is 1. The molecule has 0 bridgehead atoms. The number of rotatable bonds is 3. The number of hydrogen-bond donors (Lipinski definition) is 1. The van der Waals surface area contributed by atoms with Gasteiger partial charge in [0.15, 0.2) is 0 Å². The lowest BCUT2D eigenvalue weighted by Crippen LogP contribution is -2.66. The Kier molecular flexibility index (Phi) is 3.62. The van der Waals surface area contributed by atoms with Crippen LogP contribution in [0.1, 0.15) is 39.7 Å². The maximum atomic E-state index is 3.67. The van der Waals surface area contributed by atoms with E-state index in [1.165, 1.54) is 12.0 Å². The highest BCUT2D eigenvalue weighted by Crippen LogP contribution is 2.28. The van der Waals surface area contributed by atoms with Crippen LogP contribution in [0.5, 0.6) is 0 Å². The van der Waals surface area contributed by atoms with Gasteiger partial charge >= 0.3 is 0 Å². The molecular weight excluding hydrogens is 228 g/mol. The third-order valence-corrected chi connectivity index (χ3v) is 4.74. The standard InChI is InChI=1S/C14H24N2S/c1-5-14(4)10-15-13(2,3)11-16(14)8-12-6-7-17-9-12/h6-7,9,15H,5,8,10-11H2,1-4H3. The lowest BCUT2D eigenvalue weighted by molar-refractivity contribution is 0.0176. The Morgan fingerprint density at radius 1 is 1.41 bits per heavy atom. The molecule has 1 unspecified atom stereocenters. The molecular formula is C14H24N2S. The molecule has 0 spiro atoms. The molecule has 0 aromatic carbocycles. The van der Waals surface area contributed by atoms with Crippen LogP contribution in [0.2, 0.25) is 0 Å². The van der Waals surface area contributed by atoms with Crippen LogP contribution in [0.25, 0.3) is 0 Å². The summed E-state index contributed by atoms with van der Waals surface area (Å²) in [4.78, 5) is 2.64. The summed E-state index contributed by atoms with van der Waals surface area (Å²) < 4.78 is 0. The molecule has 1 N–H and O–H groups in total. The number of piperazine rings is 1. The quantitative estimate of drug-likeness (QED) is 0.889. The molecule has 1 saturated heterocycles. The number of nitrogens with one attached hydrogen (secondary N) is 1. The fraction of sp³-hybridized carbons (Fsp3) is 0.714. The van der Waals surface area contributed by atoms with Gasteiger partial charge in [0.05, 0.1) is 0 Å². The van der Waals surface area contributed by atoms with Gasteiger partial charge in [-0.25, -0.2) is 0 Å². The van der Waals surface area contributed by atoms with Gasteiger partial charge in [-0.05, 0) is 49.6 Å². The van der Waals surface area contributed by atoms with Gasteiger partial charge in [0.1, 0.15) is 0 Å². The molecule has 1 aromatic rings. The molecule has 0 amide bonds. The van der Waals surface area contributed by atoms with E-state index in [0.717, 1.165) is 19.6 Å². The lowest BCUT2D eigenvalue weighted by atomic mass is 9.87. The minimum Gasteiger partial charge on any atom is -0.309 e. The first-order valence-electron chi connectivity index (χ1n) is 6.46. The smallest absolute Gasteiger partial charge is 0.0307 e. The van der Waals surface area contributed by atoms with E-state index < -0.39 is 0 Å². The third-order valence-electron chi connectivity index (χ3n) is 4.01. The summed E-state index contributed by atoms with van der Waals surface area (Å²) in [5, 5.41) is 8.11. The van der Waals surface area contributed by atoms with Crippen molar-refractivity contribution in [3.05, 3.63) is 22.4 Å². The Morgan fingerprint density at radius 3 is 2.76 bits per heavy atom. The van der Waals surface area contributed by atoms with E-state index >= 15 is 0 Å². The second-order valence-electron chi connectivity index (χ2n) is 6.08. The summed E-state index contributed by atoms with van der Waals surface area (Å²) in [5.74, 6) is 0. The lowest BCUT2D eigenvalue weighted by Gasteiger charge is -2.51. The molecule has 2 nitrogen and oxygen atoms in total. The molecule has 1 aromatic heterocycles. The first kappa shape index (κ1) is 13.1. The Labute approximate surface area is 109 Å². The Balaban J connectivity index is 2.14. The first-order chi connectivity index (χ1) is 7.95. The van der Waals surface area contributed by atoms with E-state index in [4.69, 9.17) is 0 Å². The highest BCUT2D eigenvalue weighted by atomic mass is 32.1. The average molecular weight is 252 g/mol. The molecule has 0 radical (unpaired) electrons. The van der Waals surface area contributed by atoms with Gasteiger partial charge in [-0.2, -0.15) is 11.3 Å². The summed E-state index contributed by atoms with van der Waals surface area (Å²) in [6, 6.07) is 2.25. The second kappa shape index (κ2) is 4.71. The van der Waals surface area contributed by atoms with E-state index in [0.29, 0.717) is 0 Å². The van der Waals surface area contributed by atoms with Gasteiger partial charge in [-0.1, -0.05) is 6.92 Å². The van der Waals surface area contributed by atoms with Crippen molar-refractivity contribution in [1.82, 2.24) is 10.2 Å². The molecule has 96 valence electrons. The van der Waals surface area contributed by atoms with Crippen LogP contribution in [0.3, 0.4) is 0 Å². The van der Waals surface area contributed by atoms with Crippen LogP contribution in [0.4, 0.5) is 0 Å². The highest BCUT2D eigenvalue weighted by Gasteiger charge is 2.39. The SMILES string of the molecule is CCC1(C)CNC(C)(C)CN1Cc1ccsc1. The van der Waals surface area contributed by atoms with Crippen LogP contribution in [-0.2, 0) is 6.54 Å². The predicted molar refractivity (Wildman–Crippen MR) is 75.5 cm³/mol. The van der Waals surface area contributed by atoms with Gasteiger partial charge in [0.2, 0.25) is 0 Å². The number of thiophene rings is 1. The zero-order valence-electron chi connectivity index (χ0n) is 11.4. The van der Waals surface area contributed by atoms with Crippen molar-refractivity contribution in [2.75, 3.05) is 13.1 Å². The zero-order valence-corrected chi connectivity index (χ0v) is 12.2. The summed E-state index contributed by atoms with van der Waals surface area (Å²) in [7, 11) is 0. The molecule has 0 saturated carbocycles. The van der Waals surface area contributed by atoms with Gasteiger partial charge in [-0.15, -0.1) is 0 Å². The van der Waals surface area contributed by atoms with E-state index in [-0.39, 0.29) is 11.1 Å². The molecule has 0 aliphatic carbocycles. The Hall–Kier alpha value is -0.380. The van der Waals surface area contributed by atoms with Crippen molar-refractivity contribution in [2.24, 2.45) is 0 Å². The minimum atomic E-state index is 0.227. The monoisotopic (exact) mass is 252 g/mol. The molecule has 1 atom stereocenters. The fourth-order valence-corrected chi connectivity index (χ4v) is 3.12. The molecule has 2 heterocycles. The van der Waals surface area contributed by atoms with Gasteiger partial charge in [0.25, 0.3) is 0 Å². The van der Waals surface area contributed by atoms with Crippen molar-refractivity contribution in [2.45, 2.75) is 51.7 Å². The highest BCUT2D eigenvalue weighted by molar-refractivity contribution is 7.07. The fourth-order valence-electron chi connectivity index (χ4n) is 2.46. The van der Waals surface area contributed by atoms with E-state index in [1.54, 1.807) is 11.3 Å². The molecule has 2 rings (SSSR count). The Bertz CT molecular complexity index is 358. The summed E-state index contributed by atoms with van der Waals surface area (Å²) in [6.07, 6.45) is 1.19. The maximum Gasteiger partial charge on any atom is 0.0307 e. The third kappa shape index (κ3) is 2.90. The van der Waals surface area contributed by atoms with Gasteiger partial charge in [-0.3, -0.25) is 4.90 Å². The Morgan fingerprint density at radius 2 is 2.18 bits per heavy atom. The summed E-state index contributed by atoms with van der Waals surface area (Å²) in [5.41, 5.74) is 1.97. The first-order valence-corrected chi connectivity index (χ1v) is 7.41. The van der Waals surface area contributed by atoms with E-state index in [1.807, 2.05) is 0 Å². The van der Waals surface area contributed by atoms with Crippen molar-refractivity contribution in [1.29, 1.82) is 0 Å². The average Bonchev–Trinajstić information content (AvgIpc) is 2.76. The van der Waals surface area contributed by atoms with Crippen LogP contribution >= 0.6 is 11.3 Å². The normalized spacial score (nSPS) is 29.4. The molecule has 1 fully saturated rings. The molecule has 3 heteroatoms. The van der Waals surface area contributed by atoms with Crippen molar-refractivity contribution in [3.63, 3.8) is 0 Å². The van der Waals surface area contributed by atoms with Crippen LogP contribution in [0, 0.1) is 0 Å². The van der Waals surface area contributed by atoms with Crippen LogP contribution in [-0.4, -0.2) is 29.1 Å². The summed E-state index contributed by atoms with van der Waals surface area (Å²) >= 11 is 1.79. The largest absolute Gasteiger partial charge is 0.309 e. The number of hydrogen-bond acceptors (Lipinski definition) is 3. The second-order valence-corrected chi connectivity index (χ2v) is 6.86. The van der Waals surface area contributed by atoms with Crippen molar-refractivity contribution in [3.8, 4) is 0 Å². The van der Waals surface area contributed by atoms with Crippen molar-refractivity contribution >= 4 is 11.3 Å². The molecule has 17 heavy (non-hydrogen) atoms. The van der Waals surface area contributed by atoms with E-state index in [2.05, 4.69) is 54.7 Å². The zero-order chi connectivity index (χ0) is 12.5. The maximum absolute atomic E-state index is 3.67. The van der Waals surface area contributed by atoms with Crippen LogP contribution in [0.15, 0.2) is 16.8 Å². The predicted octanol–water partition coefficient (Wildman–Crippen LogP) is 3.10. The van der Waals surface area contributed by atoms with Gasteiger partial charge in [0, 0.05) is 30.7 Å². The summed E-state index contributed by atoms with van der Waals surface area (Å²) in [6.45, 7) is 12.5.